The van der Waals surface area contributed by atoms with Gasteiger partial charge in [0.2, 0.25) is 0 Å². The van der Waals surface area contributed by atoms with Gasteiger partial charge in [-0.15, -0.1) is 11.3 Å². The van der Waals surface area contributed by atoms with Crippen molar-refractivity contribution >= 4 is 23.2 Å². The molecule has 0 aromatic carbocycles. The number of nitrogens with one attached hydrogen (secondary N) is 1. The smallest absolute Gasteiger partial charge is 0.317 e. The van der Waals surface area contributed by atoms with E-state index in [9.17, 15) is 4.79 Å². The van der Waals surface area contributed by atoms with Crippen molar-refractivity contribution < 1.29 is 4.79 Å². The van der Waals surface area contributed by atoms with Crippen LogP contribution in [0.5, 0.6) is 0 Å². The van der Waals surface area contributed by atoms with Gasteiger partial charge in [-0.1, -0.05) is 6.07 Å². The van der Waals surface area contributed by atoms with Gasteiger partial charge in [0, 0.05) is 42.1 Å². The molecule has 6 heteroatoms. The van der Waals surface area contributed by atoms with Crippen LogP contribution < -0.4 is 10.2 Å². The third-order valence-corrected chi connectivity index (χ3v) is 5.41. The Bertz CT molecular complexity index is 692. The molecule has 1 atom stereocenters. The first-order valence-corrected chi connectivity index (χ1v) is 9.14. The Morgan fingerprint density at radius 1 is 1.25 bits per heavy atom. The van der Waals surface area contributed by atoms with E-state index in [4.69, 9.17) is 0 Å². The lowest BCUT2D eigenvalue weighted by atomic mass is 10.1. The fourth-order valence-corrected chi connectivity index (χ4v) is 4.14. The minimum Gasteiger partial charge on any atom is -0.353 e. The Labute approximate surface area is 147 Å². The molecule has 0 radical (unpaired) electrons. The number of nitrogens with zero attached hydrogens (tertiary/aromatic N) is 3. The number of pyridine rings is 1. The zero-order chi connectivity index (χ0) is 17.1. The van der Waals surface area contributed by atoms with Crippen LogP contribution in [-0.4, -0.2) is 42.1 Å². The summed E-state index contributed by atoms with van der Waals surface area (Å²) in [6.07, 6.45) is 1.81. The van der Waals surface area contributed by atoms with E-state index < -0.39 is 0 Å². The second kappa shape index (κ2) is 7.21. The second-order valence-electron chi connectivity index (χ2n) is 6.20. The third-order valence-electron chi connectivity index (χ3n) is 4.43. The van der Waals surface area contributed by atoms with Crippen LogP contribution >= 0.6 is 11.3 Å². The highest BCUT2D eigenvalue weighted by atomic mass is 32.1. The quantitative estimate of drug-likeness (QED) is 0.929. The summed E-state index contributed by atoms with van der Waals surface area (Å²) >= 11 is 1.78. The number of carbonyl (C=O) groups excluding carboxylic acids is 1. The van der Waals surface area contributed by atoms with Gasteiger partial charge in [-0.2, -0.15) is 0 Å². The first-order valence-electron chi connectivity index (χ1n) is 8.33. The third kappa shape index (κ3) is 3.70. The van der Waals surface area contributed by atoms with E-state index in [-0.39, 0.29) is 12.1 Å². The topological polar surface area (TPSA) is 48.5 Å². The fraction of sp³-hybridized carbons (Fsp3) is 0.444. The SMILES string of the molecule is Cc1cc(C(C)NC(=O)N2CCN(c3ccccn3)CC2)c(C)s1. The fourth-order valence-electron chi connectivity index (χ4n) is 3.11. The monoisotopic (exact) mass is 344 g/mol. The standard InChI is InChI=1S/C18H24N4OS/c1-13-12-16(15(3)24-13)14(2)20-18(23)22-10-8-21(9-11-22)17-6-4-5-7-19-17/h4-7,12,14H,8-11H2,1-3H3,(H,20,23). The van der Waals surface area contributed by atoms with E-state index in [1.165, 1.54) is 15.3 Å². The highest BCUT2D eigenvalue weighted by molar-refractivity contribution is 7.12. The van der Waals surface area contributed by atoms with Gasteiger partial charge in [0.1, 0.15) is 5.82 Å². The molecule has 1 saturated heterocycles. The predicted molar refractivity (Wildman–Crippen MR) is 98.8 cm³/mol. The number of amides is 2. The molecule has 3 rings (SSSR count). The lowest BCUT2D eigenvalue weighted by Crippen LogP contribution is -2.52. The Kier molecular flexibility index (Phi) is 5.04. The average Bonchev–Trinajstić information content (AvgIpc) is 2.94. The summed E-state index contributed by atoms with van der Waals surface area (Å²) in [5.74, 6) is 0.982. The molecule has 128 valence electrons. The molecule has 1 aliphatic rings. The minimum atomic E-state index is 0.0198. The van der Waals surface area contributed by atoms with Crippen molar-refractivity contribution in [2.24, 2.45) is 0 Å². The van der Waals surface area contributed by atoms with Crippen molar-refractivity contribution in [3.05, 3.63) is 45.8 Å². The van der Waals surface area contributed by atoms with Crippen LogP contribution in [-0.2, 0) is 0 Å². The van der Waals surface area contributed by atoms with Gasteiger partial charge in [-0.25, -0.2) is 9.78 Å². The van der Waals surface area contributed by atoms with Crippen LogP contribution in [0.3, 0.4) is 0 Å². The van der Waals surface area contributed by atoms with E-state index >= 15 is 0 Å². The van der Waals surface area contributed by atoms with Crippen molar-refractivity contribution in [1.82, 2.24) is 15.2 Å². The van der Waals surface area contributed by atoms with Crippen molar-refractivity contribution in [3.63, 3.8) is 0 Å². The lowest BCUT2D eigenvalue weighted by molar-refractivity contribution is 0.191. The Morgan fingerprint density at radius 3 is 2.58 bits per heavy atom. The summed E-state index contributed by atoms with van der Waals surface area (Å²) in [6.45, 7) is 9.34. The Hall–Kier alpha value is -2.08. The first kappa shape index (κ1) is 16.8. The summed E-state index contributed by atoms with van der Waals surface area (Å²) < 4.78 is 0. The van der Waals surface area contributed by atoms with Crippen LogP contribution in [0.15, 0.2) is 30.5 Å². The second-order valence-corrected chi connectivity index (χ2v) is 7.66. The number of aromatic nitrogens is 1. The molecule has 2 aromatic rings. The molecule has 0 aliphatic carbocycles. The van der Waals surface area contributed by atoms with Gasteiger partial charge in [-0.05, 0) is 44.5 Å². The molecule has 2 aromatic heterocycles. The Morgan fingerprint density at radius 2 is 2.00 bits per heavy atom. The van der Waals surface area contributed by atoms with Crippen molar-refractivity contribution in [1.29, 1.82) is 0 Å². The van der Waals surface area contributed by atoms with E-state index in [2.05, 4.69) is 42.0 Å². The molecule has 1 N–H and O–H groups in total. The maximum absolute atomic E-state index is 12.5. The summed E-state index contributed by atoms with van der Waals surface area (Å²) in [6, 6.07) is 8.16. The van der Waals surface area contributed by atoms with Gasteiger partial charge in [0.05, 0.1) is 6.04 Å². The summed E-state index contributed by atoms with van der Waals surface area (Å²) in [7, 11) is 0. The molecule has 0 saturated carbocycles. The molecule has 1 fully saturated rings. The number of thiophene rings is 1. The largest absolute Gasteiger partial charge is 0.353 e. The number of hydrogen-bond donors (Lipinski definition) is 1. The van der Waals surface area contributed by atoms with E-state index in [1.54, 1.807) is 17.5 Å². The van der Waals surface area contributed by atoms with Crippen LogP contribution in [0.4, 0.5) is 10.6 Å². The predicted octanol–water partition coefficient (Wildman–Crippen LogP) is 3.35. The van der Waals surface area contributed by atoms with Gasteiger partial charge in [-0.3, -0.25) is 0 Å². The molecule has 5 nitrogen and oxygen atoms in total. The number of anilines is 1. The maximum Gasteiger partial charge on any atom is 0.317 e. The summed E-state index contributed by atoms with van der Waals surface area (Å²) in [5.41, 5.74) is 1.22. The highest BCUT2D eigenvalue weighted by Gasteiger charge is 2.23. The summed E-state index contributed by atoms with van der Waals surface area (Å²) in [5, 5.41) is 3.13. The molecule has 0 spiro atoms. The van der Waals surface area contributed by atoms with Crippen LogP contribution in [0, 0.1) is 13.8 Å². The van der Waals surface area contributed by atoms with Crippen molar-refractivity contribution in [3.8, 4) is 0 Å². The number of urea groups is 1. The minimum absolute atomic E-state index is 0.0198. The zero-order valence-corrected chi connectivity index (χ0v) is 15.3. The molecular weight excluding hydrogens is 320 g/mol. The molecule has 2 amide bonds. The molecule has 1 unspecified atom stereocenters. The van der Waals surface area contributed by atoms with Crippen molar-refractivity contribution in [2.75, 3.05) is 31.1 Å². The van der Waals surface area contributed by atoms with Crippen LogP contribution in [0.1, 0.15) is 28.3 Å². The van der Waals surface area contributed by atoms with E-state index in [1.807, 2.05) is 23.1 Å². The molecule has 3 heterocycles. The van der Waals surface area contributed by atoms with Gasteiger partial charge >= 0.3 is 6.03 Å². The average molecular weight is 344 g/mol. The van der Waals surface area contributed by atoms with Crippen LogP contribution in [0.2, 0.25) is 0 Å². The highest BCUT2D eigenvalue weighted by Crippen LogP contribution is 2.26. The molecule has 1 aliphatic heterocycles. The normalized spacial score (nSPS) is 16.1. The van der Waals surface area contributed by atoms with E-state index in [0.29, 0.717) is 0 Å². The molecular formula is C18H24N4OS. The zero-order valence-electron chi connectivity index (χ0n) is 14.5. The first-order chi connectivity index (χ1) is 11.5. The Balaban J connectivity index is 1.54. The number of aryl methyl sites for hydroxylation is 2. The lowest BCUT2D eigenvalue weighted by Gasteiger charge is -2.35. The van der Waals surface area contributed by atoms with Gasteiger partial charge in [0.15, 0.2) is 0 Å². The number of rotatable bonds is 3. The van der Waals surface area contributed by atoms with Gasteiger partial charge in [0.25, 0.3) is 0 Å². The van der Waals surface area contributed by atoms with Crippen LogP contribution in [0.25, 0.3) is 0 Å². The number of carbonyl (C=O) groups is 1. The van der Waals surface area contributed by atoms with E-state index in [0.717, 1.165) is 32.0 Å². The molecule has 24 heavy (non-hydrogen) atoms. The number of hydrogen-bond acceptors (Lipinski definition) is 4. The van der Waals surface area contributed by atoms with Crippen molar-refractivity contribution in [2.45, 2.75) is 26.8 Å². The van der Waals surface area contributed by atoms with Gasteiger partial charge < -0.3 is 15.1 Å². The number of piperazine rings is 1. The summed E-state index contributed by atoms with van der Waals surface area (Å²) in [4.78, 5) is 23.6. The molecule has 0 bridgehead atoms. The maximum atomic E-state index is 12.5.